The van der Waals surface area contributed by atoms with Gasteiger partial charge in [0, 0.05) is 44.9 Å². The van der Waals surface area contributed by atoms with Crippen LogP contribution in [-0.2, 0) is 42.9 Å². The van der Waals surface area contributed by atoms with Crippen LogP contribution in [0.2, 0.25) is 0 Å². The molecular weight excluding hydrogens is 674 g/mol. The molecular formula is C39H71NO12. The molecule has 1 aliphatic carbocycles. The smallest absolute Gasteiger partial charge is 0.410 e. The number of unbranched alkanes of at least 4 members (excludes halogenated alkanes) is 1. The predicted octanol–water partition coefficient (Wildman–Crippen LogP) is 5.90. The minimum Gasteiger partial charge on any atom is -0.465 e. The molecule has 1 rings (SSSR count). The van der Waals surface area contributed by atoms with Gasteiger partial charge in [0.05, 0.1) is 31.7 Å². The highest BCUT2D eigenvalue weighted by atomic mass is 16.6. The number of nitrogens with zero attached hydrogens (tertiary/aromatic N) is 1. The van der Waals surface area contributed by atoms with Crippen LogP contribution in [0, 0.1) is 28.6 Å². The van der Waals surface area contributed by atoms with E-state index in [0.29, 0.717) is 43.5 Å². The minimum atomic E-state index is -0.922. The molecule has 0 aromatic rings. The number of aliphatic hydroxyl groups excluding tert-OH is 2. The molecule has 1 aliphatic rings. The lowest BCUT2D eigenvalue weighted by Gasteiger charge is -2.28. The fraction of sp³-hybridized carbons (Fsp3) is 0.872. The second kappa shape index (κ2) is 26.1. The zero-order valence-electron chi connectivity index (χ0n) is 33.7. The van der Waals surface area contributed by atoms with Crippen molar-refractivity contribution < 1.29 is 57.9 Å². The summed E-state index contributed by atoms with van der Waals surface area (Å²) in [4.78, 5) is 60.4. The van der Waals surface area contributed by atoms with Crippen molar-refractivity contribution in [2.24, 2.45) is 28.6 Å². The molecule has 1 fully saturated rings. The number of methoxy groups -OCH3 is 1. The van der Waals surface area contributed by atoms with E-state index < -0.39 is 28.5 Å². The Hall–Kier alpha value is -2.77. The van der Waals surface area contributed by atoms with E-state index in [1.54, 1.807) is 34.8 Å². The summed E-state index contributed by atoms with van der Waals surface area (Å²) in [6.07, 6.45) is 8.59. The Morgan fingerprint density at radius 2 is 1.37 bits per heavy atom. The molecule has 3 atom stereocenters. The Balaban J connectivity index is 0.00000122. The standard InChI is InChI=1S/C25H43NO8.C14H28O4/c1-19-7-9-20(10-8-19)15-22(30)33-18-25(5,16-28)17-32-21(29)11-13-26(12-6-14-27)23(31)34-24(2,3)4;1-5-6-7-12(2)8-13(16)18-11-14(3,9-15)10-17-4/h14,19-20,28H,6-13,15-18H2,1-5H3;12,15H,5-11H2,1-4H3. The average molecular weight is 746 g/mol. The molecule has 13 nitrogen and oxygen atoms in total. The fourth-order valence-corrected chi connectivity index (χ4v) is 5.33. The lowest BCUT2D eigenvalue weighted by molar-refractivity contribution is -0.156. The molecule has 1 saturated carbocycles. The average Bonchev–Trinajstić information content (AvgIpc) is 3.08. The van der Waals surface area contributed by atoms with Gasteiger partial charge in [-0.3, -0.25) is 14.4 Å². The molecule has 0 aliphatic heterocycles. The van der Waals surface area contributed by atoms with Crippen LogP contribution in [0.15, 0.2) is 0 Å². The number of ether oxygens (including phenoxy) is 5. The summed E-state index contributed by atoms with van der Waals surface area (Å²) < 4.78 is 26.2. The number of hydrogen-bond donors (Lipinski definition) is 2. The summed E-state index contributed by atoms with van der Waals surface area (Å²) in [5.74, 6) is 0.361. The summed E-state index contributed by atoms with van der Waals surface area (Å²) in [5.41, 5.74) is -2.13. The van der Waals surface area contributed by atoms with Crippen molar-refractivity contribution in [1.82, 2.24) is 4.90 Å². The maximum atomic E-state index is 12.3. The zero-order chi connectivity index (χ0) is 39.8. The molecule has 0 aromatic heterocycles. The van der Waals surface area contributed by atoms with E-state index in [-0.39, 0.29) is 70.9 Å². The third-order valence-corrected chi connectivity index (χ3v) is 8.91. The van der Waals surface area contributed by atoms with Gasteiger partial charge >= 0.3 is 24.0 Å². The quantitative estimate of drug-likeness (QED) is 0.0722. The molecule has 52 heavy (non-hydrogen) atoms. The van der Waals surface area contributed by atoms with Crippen molar-refractivity contribution in [1.29, 1.82) is 0 Å². The molecule has 0 radical (unpaired) electrons. The van der Waals surface area contributed by atoms with Gasteiger partial charge in [0.1, 0.15) is 31.7 Å². The molecule has 0 bridgehead atoms. The predicted molar refractivity (Wildman–Crippen MR) is 197 cm³/mol. The SMILES string of the molecule is CC1CCC(CC(=O)OCC(C)(CO)COC(=O)CCN(CCC=O)C(=O)OC(C)(C)C)CC1.CCCCC(C)CC(=O)OCC(C)(CO)COC. The molecule has 0 aromatic carbocycles. The van der Waals surface area contributed by atoms with Crippen LogP contribution in [0.1, 0.15) is 126 Å². The summed E-state index contributed by atoms with van der Waals surface area (Å²) in [7, 11) is 1.57. The van der Waals surface area contributed by atoms with Gasteiger partial charge in [0.15, 0.2) is 0 Å². The van der Waals surface area contributed by atoms with Crippen LogP contribution in [-0.4, -0.2) is 111 Å². The summed E-state index contributed by atoms with van der Waals surface area (Å²) in [5, 5.41) is 19.0. The molecule has 0 saturated heterocycles. The van der Waals surface area contributed by atoms with Gasteiger partial charge < -0.3 is 43.6 Å². The van der Waals surface area contributed by atoms with E-state index in [1.165, 1.54) is 4.90 Å². The number of aldehydes is 1. The van der Waals surface area contributed by atoms with E-state index >= 15 is 0 Å². The monoisotopic (exact) mass is 745 g/mol. The van der Waals surface area contributed by atoms with Gasteiger partial charge in [0.2, 0.25) is 0 Å². The first-order valence-corrected chi connectivity index (χ1v) is 18.9. The van der Waals surface area contributed by atoms with E-state index in [1.807, 2.05) is 6.92 Å². The maximum absolute atomic E-state index is 12.3. The van der Waals surface area contributed by atoms with Crippen LogP contribution in [0.25, 0.3) is 0 Å². The van der Waals surface area contributed by atoms with Crippen LogP contribution in [0.3, 0.4) is 0 Å². The van der Waals surface area contributed by atoms with E-state index in [0.717, 1.165) is 44.9 Å². The number of carbonyl (C=O) groups excluding carboxylic acids is 5. The Morgan fingerprint density at radius 1 is 0.827 bits per heavy atom. The van der Waals surface area contributed by atoms with Crippen LogP contribution in [0.4, 0.5) is 4.79 Å². The van der Waals surface area contributed by atoms with Gasteiger partial charge in [-0.05, 0) is 51.4 Å². The first kappa shape index (κ1) is 49.2. The van der Waals surface area contributed by atoms with E-state index in [9.17, 15) is 34.2 Å². The Morgan fingerprint density at radius 3 is 1.87 bits per heavy atom. The first-order valence-electron chi connectivity index (χ1n) is 18.9. The highest BCUT2D eigenvalue weighted by Gasteiger charge is 2.30. The van der Waals surface area contributed by atoms with Crippen molar-refractivity contribution in [3.63, 3.8) is 0 Å². The van der Waals surface area contributed by atoms with Crippen LogP contribution < -0.4 is 0 Å². The second-order valence-corrected chi connectivity index (χ2v) is 16.3. The third kappa shape index (κ3) is 23.7. The molecule has 1 amide bonds. The van der Waals surface area contributed by atoms with Crippen molar-refractivity contribution in [2.45, 2.75) is 132 Å². The van der Waals surface area contributed by atoms with Gasteiger partial charge in [-0.15, -0.1) is 0 Å². The van der Waals surface area contributed by atoms with Gasteiger partial charge in [-0.1, -0.05) is 66.7 Å². The number of carbonyl (C=O) groups is 5. The lowest BCUT2D eigenvalue weighted by Crippen LogP contribution is -2.39. The largest absolute Gasteiger partial charge is 0.465 e. The van der Waals surface area contributed by atoms with Gasteiger partial charge in [-0.25, -0.2) is 4.79 Å². The first-order chi connectivity index (χ1) is 24.3. The molecule has 0 heterocycles. The third-order valence-electron chi connectivity index (χ3n) is 8.91. The number of amides is 1. The van der Waals surface area contributed by atoms with Crippen molar-refractivity contribution in [3.05, 3.63) is 0 Å². The Kier molecular flexibility index (Phi) is 24.7. The zero-order valence-corrected chi connectivity index (χ0v) is 33.7. The van der Waals surface area contributed by atoms with E-state index in [4.69, 9.17) is 23.7 Å². The number of hydrogen-bond acceptors (Lipinski definition) is 12. The Bertz CT molecular complexity index is 1040. The summed E-state index contributed by atoms with van der Waals surface area (Å²) in [6, 6.07) is 0. The second-order valence-electron chi connectivity index (χ2n) is 16.3. The number of aliphatic hydroxyl groups is 2. The minimum absolute atomic E-state index is 0.0341. The molecule has 3 unspecified atom stereocenters. The van der Waals surface area contributed by atoms with Crippen molar-refractivity contribution in [3.8, 4) is 0 Å². The van der Waals surface area contributed by atoms with Crippen LogP contribution in [0.5, 0.6) is 0 Å². The molecule has 304 valence electrons. The van der Waals surface area contributed by atoms with Gasteiger partial charge in [0.25, 0.3) is 0 Å². The summed E-state index contributed by atoms with van der Waals surface area (Å²) >= 11 is 0. The van der Waals surface area contributed by atoms with Gasteiger partial charge in [-0.2, -0.15) is 0 Å². The van der Waals surface area contributed by atoms with Crippen LogP contribution >= 0.6 is 0 Å². The molecule has 0 spiro atoms. The van der Waals surface area contributed by atoms with Crippen molar-refractivity contribution >= 4 is 30.3 Å². The van der Waals surface area contributed by atoms with E-state index in [2.05, 4.69) is 20.8 Å². The van der Waals surface area contributed by atoms with Crippen molar-refractivity contribution in [2.75, 3.05) is 59.8 Å². The Labute approximate surface area is 312 Å². The molecule has 13 heteroatoms. The number of esters is 3. The maximum Gasteiger partial charge on any atom is 0.410 e. The topological polar surface area (TPSA) is 175 Å². The molecule has 2 N–H and O–H groups in total. The highest BCUT2D eigenvalue weighted by molar-refractivity contribution is 5.72. The highest BCUT2D eigenvalue weighted by Crippen LogP contribution is 2.31. The summed E-state index contributed by atoms with van der Waals surface area (Å²) in [6.45, 7) is 15.3. The fourth-order valence-electron chi connectivity index (χ4n) is 5.33. The number of rotatable bonds is 23. The lowest BCUT2D eigenvalue weighted by atomic mass is 9.81. The normalized spacial score (nSPS) is 18.7.